The van der Waals surface area contributed by atoms with Gasteiger partial charge >= 0.3 is 5.97 Å². The van der Waals surface area contributed by atoms with Gasteiger partial charge in [0, 0.05) is 11.6 Å². The quantitative estimate of drug-likeness (QED) is 0.752. The molecule has 2 aliphatic heterocycles. The molecule has 0 spiro atoms. The Hall–Kier alpha value is -2.48. The maximum absolute atomic E-state index is 12.8. The fraction of sp³-hybridized carbons (Fsp3) is 0.389. The Kier molecular flexibility index (Phi) is 4.95. The molecule has 8 heteroatoms. The summed E-state index contributed by atoms with van der Waals surface area (Å²) in [6.45, 7) is 3.57. The number of nitrogens with zero attached hydrogens (tertiary/aromatic N) is 2. The fourth-order valence-corrected chi connectivity index (χ4v) is 4.14. The van der Waals surface area contributed by atoms with Gasteiger partial charge in [-0.15, -0.1) is 0 Å². The molecule has 3 rings (SSSR count). The largest absolute Gasteiger partial charge is 0.497 e. The van der Waals surface area contributed by atoms with Gasteiger partial charge in [-0.1, -0.05) is 11.8 Å². The number of amides is 1. The second kappa shape index (κ2) is 7.03. The van der Waals surface area contributed by atoms with Crippen LogP contribution < -0.4 is 9.47 Å². The number of methoxy groups -OCH3 is 3. The van der Waals surface area contributed by atoms with Gasteiger partial charge in [0.25, 0.3) is 0 Å². The predicted molar refractivity (Wildman–Crippen MR) is 98.3 cm³/mol. The first-order valence-electron chi connectivity index (χ1n) is 8.02. The molecule has 0 saturated carbocycles. The van der Waals surface area contributed by atoms with Gasteiger partial charge in [0.05, 0.1) is 37.8 Å². The van der Waals surface area contributed by atoms with E-state index in [0.29, 0.717) is 33.5 Å². The molecule has 0 radical (unpaired) electrons. The van der Waals surface area contributed by atoms with Gasteiger partial charge < -0.3 is 14.2 Å². The first kappa shape index (κ1) is 18.3. The zero-order valence-corrected chi connectivity index (χ0v) is 16.0. The highest BCUT2D eigenvalue weighted by atomic mass is 32.2. The van der Waals surface area contributed by atoms with Crippen LogP contribution in [0.25, 0.3) is 0 Å². The molecule has 1 aromatic rings. The lowest BCUT2D eigenvalue weighted by Gasteiger charge is -2.33. The van der Waals surface area contributed by atoms with Crippen LogP contribution in [0, 0.1) is 0 Å². The summed E-state index contributed by atoms with van der Waals surface area (Å²) in [7, 11) is 4.41. The molecule has 0 unspecified atom stereocenters. The molecular weight excluding hydrogens is 356 g/mol. The molecule has 0 N–H and O–H groups in total. The molecule has 0 bridgehead atoms. The first-order valence-corrected chi connectivity index (χ1v) is 8.90. The second-order valence-electron chi connectivity index (χ2n) is 5.86. The van der Waals surface area contributed by atoms with Crippen LogP contribution in [0.15, 0.2) is 34.5 Å². The number of thioether (sulfide) groups is 1. The number of ether oxygens (including phenoxy) is 3. The Morgan fingerprint density at radius 1 is 1.23 bits per heavy atom. The maximum Gasteiger partial charge on any atom is 0.338 e. The number of rotatable bonds is 4. The molecule has 1 aromatic carbocycles. The van der Waals surface area contributed by atoms with E-state index in [1.807, 2.05) is 6.92 Å². The van der Waals surface area contributed by atoms with Crippen LogP contribution in [-0.2, 0) is 14.3 Å². The highest BCUT2D eigenvalue weighted by Crippen LogP contribution is 2.46. The summed E-state index contributed by atoms with van der Waals surface area (Å²) in [5, 5.41) is 0.306. The van der Waals surface area contributed by atoms with E-state index in [4.69, 9.17) is 14.2 Å². The number of esters is 1. The Bertz CT molecular complexity index is 833. The van der Waals surface area contributed by atoms with E-state index in [1.165, 1.54) is 26.0 Å². The number of allylic oxidation sites excluding steroid dienone is 1. The summed E-state index contributed by atoms with van der Waals surface area (Å²) in [6.07, 6.45) is 0. The van der Waals surface area contributed by atoms with Crippen molar-refractivity contribution in [3.8, 4) is 11.5 Å². The Morgan fingerprint density at radius 2 is 1.96 bits per heavy atom. The summed E-state index contributed by atoms with van der Waals surface area (Å²) in [4.78, 5) is 31.3. The van der Waals surface area contributed by atoms with Crippen molar-refractivity contribution >= 4 is 28.8 Å². The zero-order chi connectivity index (χ0) is 19.0. The van der Waals surface area contributed by atoms with E-state index in [1.54, 1.807) is 37.1 Å². The third-order valence-corrected chi connectivity index (χ3v) is 5.45. The summed E-state index contributed by atoms with van der Waals surface area (Å²) in [6, 6.07) is 4.62. The smallest absolute Gasteiger partial charge is 0.338 e. The molecule has 2 heterocycles. The monoisotopic (exact) mass is 376 g/mol. The Morgan fingerprint density at radius 3 is 2.58 bits per heavy atom. The average Bonchev–Trinajstić information content (AvgIpc) is 2.93. The summed E-state index contributed by atoms with van der Waals surface area (Å²) < 4.78 is 15.7. The van der Waals surface area contributed by atoms with Crippen LogP contribution in [0.4, 0.5) is 0 Å². The number of carbonyl (C=O) groups excluding carboxylic acids is 2. The minimum atomic E-state index is -0.666. The predicted octanol–water partition coefficient (Wildman–Crippen LogP) is 2.53. The van der Waals surface area contributed by atoms with Crippen LogP contribution in [-0.4, -0.2) is 48.5 Å². The molecule has 138 valence electrons. The van der Waals surface area contributed by atoms with Crippen molar-refractivity contribution in [1.82, 2.24) is 4.90 Å². The molecule has 2 aliphatic rings. The van der Waals surface area contributed by atoms with Crippen molar-refractivity contribution in [2.24, 2.45) is 4.99 Å². The number of amidine groups is 1. The molecule has 1 amide bonds. The third-order valence-electron chi connectivity index (χ3n) is 4.40. The van der Waals surface area contributed by atoms with Gasteiger partial charge in [-0.2, -0.15) is 0 Å². The van der Waals surface area contributed by atoms with Crippen molar-refractivity contribution in [1.29, 1.82) is 0 Å². The molecule has 1 saturated heterocycles. The van der Waals surface area contributed by atoms with Crippen LogP contribution in [0.5, 0.6) is 11.5 Å². The maximum atomic E-state index is 12.8. The molecular formula is C18H20N2O5S. The number of hydrogen-bond acceptors (Lipinski definition) is 7. The van der Waals surface area contributed by atoms with Gasteiger partial charge in [0.1, 0.15) is 17.5 Å². The van der Waals surface area contributed by atoms with Crippen LogP contribution >= 0.6 is 11.8 Å². The SMILES string of the molecule is COC(=O)C1=C(C)N=C2S[C@H](C)C(=O)N2[C@@H]1c1ccc(OC)cc1OC. The van der Waals surface area contributed by atoms with Gasteiger partial charge in [0.2, 0.25) is 5.91 Å². The van der Waals surface area contributed by atoms with Crippen molar-refractivity contribution in [3.63, 3.8) is 0 Å². The Balaban J connectivity index is 2.22. The van der Waals surface area contributed by atoms with Crippen molar-refractivity contribution < 1.29 is 23.8 Å². The van der Waals surface area contributed by atoms with E-state index in [0.717, 1.165) is 0 Å². The van der Waals surface area contributed by atoms with Gasteiger partial charge in [-0.25, -0.2) is 9.79 Å². The van der Waals surface area contributed by atoms with Gasteiger partial charge in [-0.05, 0) is 26.0 Å². The Labute approximate surface area is 156 Å². The number of hydrogen-bond donors (Lipinski definition) is 0. The van der Waals surface area contributed by atoms with Crippen molar-refractivity contribution in [3.05, 3.63) is 35.0 Å². The van der Waals surface area contributed by atoms with E-state index in [9.17, 15) is 9.59 Å². The van der Waals surface area contributed by atoms with Crippen LogP contribution in [0.1, 0.15) is 25.5 Å². The summed E-state index contributed by atoms with van der Waals surface area (Å²) in [5.74, 6) is 0.504. The number of benzene rings is 1. The van der Waals surface area contributed by atoms with Crippen LogP contribution in [0.3, 0.4) is 0 Å². The molecule has 0 aromatic heterocycles. The van der Waals surface area contributed by atoms with E-state index < -0.39 is 12.0 Å². The average molecular weight is 376 g/mol. The number of fused-ring (bicyclic) bond motifs is 1. The summed E-state index contributed by atoms with van der Waals surface area (Å²) in [5.41, 5.74) is 1.52. The normalized spacial score (nSPS) is 22.1. The van der Waals surface area contributed by atoms with Crippen molar-refractivity contribution in [2.75, 3.05) is 21.3 Å². The minimum absolute atomic E-state index is 0.106. The molecule has 1 fully saturated rings. The number of aliphatic imine (C=N–C) groups is 1. The van der Waals surface area contributed by atoms with E-state index >= 15 is 0 Å². The fourth-order valence-electron chi connectivity index (χ4n) is 3.11. The highest BCUT2D eigenvalue weighted by Gasteiger charge is 2.47. The standard InChI is InChI=1S/C18H20N2O5S/c1-9-14(17(22)25-5)15(20-16(21)10(2)26-18(20)19-9)12-7-6-11(23-3)8-13(12)24-4/h6-8,10,15H,1-5H3/t10-,15-/m1/s1. The topological polar surface area (TPSA) is 77.4 Å². The third kappa shape index (κ3) is 2.84. The lowest BCUT2D eigenvalue weighted by Crippen LogP contribution is -2.40. The van der Waals surface area contributed by atoms with Crippen molar-refractivity contribution in [2.45, 2.75) is 25.1 Å². The summed E-state index contributed by atoms with van der Waals surface area (Å²) >= 11 is 1.38. The highest BCUT2D eigenvalue weighted by molar-refractivity contribution is 8.15. The van der Waals surface area contributed by atoms with Gasteiger partial charge in [0.15, 0.2) is 5.17 Å². The number of carbonyl (C=O) groups is 2. The van der Waals surface area contributed by atoms with Gasteiger partial charge in [-0.3, -0.25) is 9.69 Å². The minimum Gasteiger partial charge on any atom is -0.497 e. The second-order valence-corrected chi connectivity index (χ2v) is 7.17. The lowest BCUT2D eigenvalue weighted by atomic mass is 9.93. The van der Waals surface area contributed by atoms with E-state index in [-0.39, 0.29) is 11.2 Å². The first-order chi connectivity index (χ1) is 12.4. The lowest BCUT2D eigenvalue weighted by molar-refractivity contribution is -0.137. The molecule has 2 atom stereocenters. The molecule has 7 nitrogen and oxygen atoms in total. The zero-order valence-electron chi connectivity index (χ0n) is 15.2. The van der Waals surface area contributed by atoms with Crippen LogP contribution in [0.2, 0.25) is 0 Å². The molecule has 26 heavy (non-hydrogen) atoms. The molecule has 0 aliphatic carbocycles. The van der Waals surface area contributed by atoms with E-state index in [2.05, 4.69) is 4.99 Å².